The van der Waals surface area contributed by atoms with Gasteiger partial charge in [-0.1, -0.05) is 60.7 Å². The Balaban J connectivity index is 1.00. The molecule has 39 heavy (non-hydrogen) atoms. The number of nitrogens with zero attached hydrogens (tertiary/aromatic N) is 4. The van der Waals surface area contributed by atoms with Gasteiger partial charge in [0.15, 0.2) is 12.4 Å². The van der Waals surface area contributed by atoms with Crippen LogP contribution in [0, 0.1) is 0 Å². The number of fused-ring (bicyclic) bond motifs is 1. The zero-order valence-corrected chi connectivity index (χ0v) is 21.4. The lowest BCUT2D eigenvalue weighted by Crippen LogP contribution is -2.50. The van der Waals surface area contributed by atoms with Crippen molar-refractivity contribution in [3.05, 3.63) is 109 Å². The van der Waals surface area contributed by atoms with E-state index in [2.05, 4.69) is 39.4 Å². The average molecular weight is 517 g/mol. The number of hydrogen-bond acceptors (Lipinski definition) is 6. The molecule has 1 amide bonds. The van der Waals surface area contributed by atoms with E-state index in [1.54, 1.807) is 0 Å². The number of para-hydroxylation sites is 1. The Morgan fingerprint density at radius 3 is 2.13 bits per heavy atom. The number of aromatic nitrogens is 2. The van der Waals surface area contributed by atoms with Crippen LogP contribution >= 0.6 is 0 Å². The standard InChI is InChI=1S/C32H28N4O3/c37-32(23-38-25-13-15-27(16-14-25)39-26-9-2-1-3-10-26)36-21-19-35(20-22-36)31-18-17-30(33-34-31)29-12-6-8-24-7-4-5-11-28(24)29/h1-18H,19-23H2. The second kappa shape index (κ2) is 11.2. The number of benzene rings is 4. The highest BCUT2D eigenvalue weighted by Crippen LogP contribution is 2.28. The topological polar surface area (TPSA) is 67.8 Å². The van der Waals surface area contributed by atoms with Gasteiger partial charge in [-0.2, -0.15) is 0 Å². The zero-order valence-electron chi connectivity index (χ0n) is 21.4. The van der Waals surface area contributed by atoms with Crippen LogP contribution < -0.4 is 14.4 Å². The van der Waals surface area contributed by atoms with Gasteiger partial charge in [-0.3, -0.25) is 4.79 Å². The van der Waals surface area contributed by atoms with Gasteiger partial charge in [0.25, 0.3) is 5.91 Å². The minimum absolute atomic E-state index is 0.00156. The molecule has 7 heteroatoms. The van der Waals surface area contributed by atoms with Crippen LogP contribution in [0.3, 0.4) is 0 Å². The Labute approximate surface area is 227 Å². The van der Waals surface area contributed by atoms with E-state index in [0.717, 1.165) is 28.2 Å². The van der Waals surface area contributed by atoms with E-state index in [4.69, 9.17) is 9.47 Å². The van der Waals surface area contributed by atoms with Gasteiger partial charge in [0, 0.05) is 31.7 Å². The molecule has 1 aliphatic heterocycles. The molecule has 1 aromatic heterocycles. The molecule has 0 bridgehead atoms. The van der Waals surface area contributed by atoms with E-state index in [-0.39, 0.29) is 12.5 Å². The third-order valence-corrected chi connectivity index (χ3v) is 6.84. The van der Waals surface area contributed by atoms with E-state index in [9.17, 15) is 4.79 Å². The third kappa shape index (κ3) is 5.67. The number of rotatable bonds is 7. The monoisotopic (exact) mass is 516 g/mol. The van der Waals surface area contributed by atoms with Crippen molar-refractivity contribution in [3.63, 3.8) is 0 Å². The predicted octanol–water partition coefficient (Wildman–Crippen LogP) is 5.82. The van der Waals surface area contributed by atoms with Gasteiger partial charge in [-0.25, -0.2) is 0 Å². The molecule has 0 spiro atoms. The third-order valence-electron chi connectivity index (χ3n) is 6.84. The maximum Gasteiger partial charge on any atom is 0.260 e. The molecule has 1 saturated heterocycles. The van der Waals surface area contributed by atoms with E-state index in [1.807, 2.05) is 89.8 Å². The van der Waals surface area contributed by atoms with E-state index < -0.39 is 0 Å². The summed E-state index contributed by atoms with van der Waals surface area (Å²) in [4.78, 5) is 16.8. The van der Waals surface area contributed by atoms with Crippen LogP contribution in [0.15, 0.2) is 109 Å². The van der Waals surface area contributed by atoms with Crippen molar-refractivity contribution < 1.29 is 14.3 Å². The SMILES string of the molecule is O=C(COc1ccc(Oc2ccccc2)cc1)N1CCN(c2ccc(-c3cccc4ccccc34)nn2)CC1. The Morgan fingerprint density at radius 2 is 1.36 bits per heavy atom. The minimum atomic E-state index is -0.0309. The molecule has 6 rings (SSSR count). The van der Waals surface area contributed by atoms with Crippen LogP contribution in [-0.4, -0.2) is 53.8 Å². The molecule has 0 N–H and O–H groups in total. The largest absolute Gasteiger partial charge is 0.484 e. The lowest BCUT2D eigenvalue weighted by Gasteiger charge is -2.35. The van der Waals surface area contributed by atoms with Crippen LogP contribution in [0.1, 0.15) is 0 Å². The fraction of sp³-hybridized carbons (Fsp3) is 0.156. The van der Waals surface area contributed by atoms with Crippen LogP contribution in [0.2, 0.25) is 0 Å². The van der Waals surface area contributed by atoms with Crippen LogP contribution in [0.25, 0.3) is 22.0 Å². The van der Waals surface area contributed by atoms with Gasteiger partial charge < -0.3 is 19.3 Å². The maximum absolute atomic E-state index is 12.8. The summed E-state index contributed by atoms with van der Waals surface area (Å²) in [6.45, 7) is 2.61. The molecular weight excluding hydrogens is 488 g/mol. The number of carbonyl (C=O) groups is 1. The smallest absolute Gasteiger partial charge is 0.260 e. The number of carbonyl (C=O) groups excluding carboxylic acids is 1. The molecule has 1 aliphatic rings. The van der Waals surface area contributed by atoms with Crippen LogP contribution in [0.4, 0.5) is 5.82 Å². The number of hydrogen-bond donors (Lipinski definition) is 0. The summed E-state index contributed by atoms with van der Waals surface area (Å²) in [6.07, 6.45) is 0. The van der Waals surface area contributed by atoms with E-state index in [0.29, 0.717) is 37.7 Å². The Hall–Kier alpha value is -4.91. The second-order valence-corrected chi connectivity index (χ2v) is 9.35. The number of anilines is 1. The molecule has 194 valence electrons. The van der Waals surface area contributed by atoms with Crippen molar-refractivity contribution in [1.29, 1.82) is 0 Å². The van der Waals surface area contributed by atoms with Gasteiger partial charge in [-0.05, 0) is 59.3 Å². The van der Waals surface area contributed by atoms with Crippen molar-refractivity contribution in [2.24, 2.45) is 0 Å². The molecule has 5 aromatic rings. The van der Waals surface area contributed by atoms with Gasteiger partial charge in [0.2, 0.25) is 0 Å². The number of ether oxygens (including phenoxy) is 2. The summed E-state index contributed by atoms with van der Waals surface area (Å²) in [7, 11) is 0. The lowest BCUT2D eigenvalue weighted by atomic mass is 10.0. The molecule has 0 radical (unpaired) electrons. The van der Waals surface area contributed by atoms with E-state index >= 15 is 0 Å². The molecule has 2 heterocycles. The number of piperazine rings is 1. The molecule has 0 atom stereocenters. The van der Waals surface area contributed by atoms with E-state index in [1.165, 1.54) is 5.39 Å². The normalized spacial score (nSPS) is 13.3. The molecule has 4 aromatic carbocycles. The molecule has 7 nitrogen and oxygen atoms in total. The summed E-state index contributed by atoms with van der Waals surface area (Å²) >= 11 is 0. The molecule has 0 unspecified atom stereocenters. The minimum Gasteiger partial charge on any atom is -0.484 e. The van der Waals surface area contributed by atoms with Gasteiger partial charge in [0.1, 0.15) is 17.2 Å². The molecule has 0 aliphatic carbocycles. The Kier molecular flexibility index (Phi) is 7.03. The van der Waals surface area contributed by atoms with Gasteiger partial charge in [-0.15, -0.1) is 10.2 Å². The first-order valence-corrected chi connectivity index (χ1v) is 13.0. The van der Waals surface area contributed by atoms with Crippen molar-refractivity contribution in [1.82, 2.24) is 15.1 Å². The second-order valence-electron chi connectivity index (χ2n) is 9.35. The summed E-state index contributed by atoms with van der Waals surface area (Å²) in [6, 6.07) is 35.4. The van der Waals surface area contributed by atoms with Crippen molar-refractivity contribution >= 4 is 22.5 Å². The van der Waals surface area contributed by atoms with Crippen molar-refractivity contribution in [2.45, 2.75) is 0 Å². The zero-order chi connectivity index (χ0) is 26.4. The molecule has 1 fully saturated rings. The van der Waals surface area contributed by atoms with Crippen molar-refractivity contribution in [3.8, 4) is 28.5 Å². The van der Waals surface area contributed by atoms with Crippen molar-refractivity contribution in [2.75, 3.05) is 37.7 Å². The number of amides is 1. The lowest BCUT2D eigenvalue weighted by molar-refractivity contribution is -0.133. The summed E-state index contributed by atoms with van der Waals surface area (Å²) in [5.41, 5.74) is 1.92. The maximum atomic E-state index is 12.8. The first kappa shape index (κ1) is 24.4. The highest BCUT2D eigenvalue weighted by Gasteiger charge is 2.22. The summed E-state index contributed by atoms with van der Waals surface area (Å²) in [5, 5.41) is 11.4. The Morgan fingerprint density at radius 1 is 0.667 bits per heavy atom. The van der Waals surface area contributed by atoms with Crippen LogP contribution in [0.5, 0.6) is 17.2 Å². The predicted molar refractivity (Wildman–Crippen MR) is 152 cm³/mol. The fourth-order valence-corrected chi connectivity index (χ4v) is 4.74. The summed E-state index contributed by atoms with van der Waals surface area (Å²) < 4.78 is 11.5. The molecule has 0 saturated carbocycles. The first-order valence-electron chi connectivity index (χ1n) is 13.0. The average Bonchev–Trinajstić information content (AvgIpc) is 3.01. The van der Waals surface area contributed by atoms with Gasteiger partial charge >= 0.3 is 0 Å². The first-order chi connectivity index (χ1) is 19.2. The Bertz CT molecular complexity index is 1540. The fourth-order valence-electron chi connectivity index (χ4n) is 4.74. The quantitative estimate of drug-likeness (QED) is 0.272. The molecular formula is C32H28N4O3. The van der Waals surface area contributed by atoms with Crippen LogP contribution in [-0.2, 0) is 4.79 Å². The highest BCUT2D eigenvalue weighted by atomic mass is 16.5. The highest BCUT2D eigenvalue weighted by molar-refractivity contribution is 5.95. The summed E-state index contributed by atoms with van der Waals surface area (Å²) in [5.74, 6) is 2.90. The van der Waals surface area contributed by atoms with Gasteiger partial charge in [0.05, 0.1) is 5.69 Å².